The highest BCUT2D eigenvalue weighted by Crippen LogP contribution is 1.86. The van der Waals surface area contributed by atoms with E-state index in [4.69, 9.17) is 5.73 Å². The van der Waals surface area contributed by atoms with Gasteiger partial charge in [-0.15, -0.1) is 34.2 Å². The van der Waals surface area contributed by atoms with Crippen LogP contribution in [0.3, 0.4) is 0 Å². The number of nitrogen functional groups attached to an aromatic ring is 1. The molecule has 0 radical (unpaired) electrons. The van der Waals surface area contributed by atoms with Crippen LogP contribution in [0.2, 0.25) is 0 Å². The maximum Gasteiger partial charge on any atom is 0.221 e. The van der Waals surface area contributed by atoms with E-state index in [1.165, 1.54) is 0 Å². The number of nitrogens with two attached hydrogens (primary N) is 1. The number of aromatic nitrogens is 3. The average molecular weight is 226 g/mol. The van der Waals surface area contributed by atoms with Gasteiger partial charge in [0.2, 0.25) is 5.95 Å². The van der Waals surface area contributed by atoms with Gasteiger partial charge in [0, 0.05) is 7.05 Å². The minimum Gasteiger partial charge on any atom is -0.368 e. The van der Waals surface area contributed by atoms with Crippen molar-refractivity contribution < 1.29 is 0 Å². The van der Waals surface area contributed by atoms with Crippen LogP contribution in [0.4, 0.5) is 5.95 Å². The van der Waals surface area contributed by atoms with Gasteiger partial charge in [-0.2, -0.15) is 0 Å². The predicted octanol–water partition coefficient (Wildman–Crippen LogP) is 0.0153. The fourth-order valence-corrected chi connectivity index (χ4v) is 0.292. The molecule has 0 amide bonds. The van der Waals surface area contributed by atoms with Crippen LogP contribution >= 0.6 is 24.0 Å². The second-order valence-corrected chi connectivity index (χ2v) is 1.30. The molecule has 0 atom stereocenters. The maximum atomic E-state index is 5.23. The zero-order chi connectivity index (χ0) is 5.28. The predicted molar refractivity (Wildman–Crippen MR) is 40.8 cm³/mol. The van der Waals surface area contributed by atoms with Gasteiger partial charge in [0.15, 0.2) is 0 Å². The number of aryl methyl sites for hydroxylation is 1. The molecule has 0 aromatic carbocycles. The van der Waals surface area contributed by atoms with Crippen molar-refractivity contribution in [1.29, 1.82) is 0 Å². The Hall–Kier alpha value is -0.330. The molecular weight excluding hydrogens is 219 g/mol. The summed E-state index contributed by atoms with van der Waals surface area (Å²) < 4.78 is 1.64. The van der Waals surface area contributed by atoms with Gasteiger partial charge in [-0.3, -0.25) is 0 Å². The standard InChI is InChI=1S/C3H6N4.HI/c1-7-2-5-6-3(7)4;/h2H,1H3,(H2,4,6);1H. The second-order valence-electron chi connectivity index (χ2n) is 1.30. The van der Waals surface area contributed by atoms with E-state index < -0.39 is 0 Å². The van der Waals surface area contributed by atoms with E-state index in [2.05, 4.69) is 10.2 Å². The van der Waals surface area contributed by atoms with E-state index in [-0.39, 0.29) is 24.0 Å². The van der Waals surface area contributed by atoms with E-state index >= 15 is 0 Å². The van der Waals surface area contributed by atoms with Gasteiger partial charge < -0.3 is 10.3 Å². The summed E-state index contributed by atoms with van der Waals surface area (Å²) in [6.07, 6.45) is 1.55. The lowest BCUT2D eigenvalue weighted by Gasteiger charge is -1.84. The molecule has 0 saturated carbocycles. The Morgan fingerprint density at radius 2 is 2.38 bits per heavy atom. The summed E-state index contributed by atoms with van der Waals surface area (Å²) >= 11 is 0. The molecule has 5 heteroatoms. The molecule has 0 saturated heterocycles. The SMILES string of the molecule is Cn1cnnc1N.I. The summed E-state index contributed by atoms with van der Waals surface area (Å²) in [6, 6.07) is 0. The summed E-state index contributed by atoms with van der Waals surface area (Å²) in [5.41, 5.74) is 5.23. The third kappa shape index (κ3) is 1.32. The summed E-state index contributed by atoms with van der Waals surface area (Å²) in [4.78, 5) is 0. The topological polar surface area (TPSA) is 56.7 Å². The molecule has 1 aromatic heterocycles. The molecular formula is C3H7IN4. The average Bonchev–Trinajstić information content (AvgIpc) is 1.91. The highest BCUT2D eigenvalue weighted by Gasteiger charge is 1.86. The van der Waals surface area contributed by atoms with E-state index in [1.54, 1.807) is 17.9 Å². The first kappa shape index (κ1) is 7.67. The summed E-state index contributed by atoms with van der Waals surface area (Å²) in [5, 5.41) is 7.02. The molecule has 0 aliphatic rings. The molecule has 0 aliphatic carbocycles. The number of rotatable bonds is 0. The molecule has 1 rings (SSSR count). The van der Waals surface area contributed by atoms with Crippen molar-refractivity contribution in [2.24, 2.45) is 7.05 Å². The Labute approximate surface area is 64.1 Å². The van der Waals surface area contributed by atoms with Crippen molar-refractivity contribution in [3.8, 4) is 0 Å². The van der Waals surface area contributed by atoms with E-state index in [9.17, 15) is 0 Å². The Morgan fingerprint density at radius 3 is 2.50 bits per heavy atom. The van der Waals surface area contributed by atoms with Gasteiger partial charge in [-0.25, -0.2) is 0 Å². The normalized spacial score (nSPS) is 8.12. The Bertz CT molecular complexity index is 144. The highest BCUT2D eigenvalue weighted by atomic mass is 127. The molecule has 4 nitrogen and oxygen atoms in total. The van der Waals surface area contributed by atoms with Crippen molar-refractivity contribution >= 4 is 29.9 Å². The van der Waals surface area contributed by atoms with Crippen molar-refractivity contribution in [3.05, 3.63) is 6.33 Å². The maximum absolute atomic E-state index is 5.23. The van der Waals surface area contributed by atoms with Crippen LogP contribution in [0.15, 0.2) is 6.33 Å². The number of anilines is 1. The largest absolute Gasteiger partial charge is 0.368 e. The van der Waals surface area contributed by atoms with Gasteiger partial charge in [0.05, 0.1) is 0 Å². The first-order chi connectivity index (χ1) is 3.30. The minimum absolute atomic E-state index is 0. The summed E-state index contributed by atoms with van der Waals surface area (Å²) in [5.74, 6) is 0.444. The van der Waals surface area contributed by atoms with Crippen LogP contribution in [0.25, 0.3) is 0 Å². The molecule has 0 unspecified atom stereocenters. The smallest absolute Gasteiger partial charge is 0.221 e. The molecule has 46 valence electrons. The molecule has 1 aromatic rings. The van der Waals surface area contributed by atoms with Crippen molar-refractivity contribution in [1.82, 2.24) is 14.8 Å². The molecule has 0 spiro atoms. The summed E-state index contributed by atoms with van der Waals surface area (Å²) in [6.45, 7) is 0. The van der Waals surface area contributed by atoms with E-state index in [0.29, 0.717) is 5.95 Å². The van der Waals surface area contributed by atoms with Gasteiger partial charge in [0.1, 0.15) is 6.33 Å². The van der Waals surface area contributed by atoms with Crippen molar-refractivity contribution in [2.75, 3.05) is 5.73 Å². The third-order valence-electron chi connectivity index (χ3n) is 0.746. The van der Waals surface area contributed by atoms with Crippen LogP contribution in [0, 0.1) is 0 Å². The molecule has 0 bridgehead atoms. The molecule has 0 aliphatic heterocycles. The fraction of sp³-hybridized carbons (Fsp3) is 0.333. The van der Waals surface area contributed by atoms with Gasteiger partial charge in [-0.05, 0) is 0 Å². The van der Waals surface area contributed by atoms with E-state index in [1.807, 2.05) is 0 Å². The zero-order valence-electron chi connectivity index (χ0n) is 4.40. The summed E-state index contributed by atoms with van der Waals surface area (Å²) in [7, 11) is 1.79. The van der Waals surface area contributed by atoms with Crippen molar-refractivity contribution in [2.45, 2.75) is 0 Å². The molecule has 1 heterocycles. The van der Waals surface area contributed by atoms with Crippen LogP contribution in [0.5, 0.6) is 0 Å². The molecule has 2 N–H and O–H groups in total. The third-order valence-corrected chi connectivity index (χ3v) is 0.746. The Kier molecular flexibility index (Phi) is 2.74. The Balaban J connectivity index is 0.000000490. The number of nitrogens with zero attached hydrogens (tertiary/aromatic N) is 3. The van der Waals surface area contributed by atoms with Gasteiger partial charge in [-0.1, -0.05) is 0 Å². The molecule has 8 heavy (non-hydrogen) atoms. The monoisotopic (exact) mass is 226 g/mol. The van der Waals surface area contributed by atoms with Crippen molar-refractivity contribution in [3.63, 3.8) is 0 Å². The van der Waals surface area contributed by atoms with Crippen LogP contribution in [-0.2, 0) is 7.05 Å². The van der Waals surface area contributed by atoms with E-state index in [0.717, 1.165) is 0 Å². The first-order valence-corrected chi connectivity index (χ1v) is 1.90. The second kappa shape index (κ2) is 2.85. The number of hydrogen-bond acceptors (Lipinski definition) is 3. The number of hydrogen-bond donors (Lipinski definition) is 1. The highest BCUT2D eigenvalue weighted by molar-refractivity contribution is 14.0. The lowest BCUT2D eigenvalue weighted by molar-refractivity contribution is 0.924. The number of halogens is 1. The Morgan fingerprint density at radius 1 is 1.75 bits per heavy atom. The molecule has 0 fully saturated rings. The zero-order valence-corrected chi connectivity index (χ0v) is 6.73. The van der Waals surface area contributed by atoms with Gasteiger partial charge >= 0.3 is 0 Å². The minimum atomic E-state index is 0. The van der Waals surface area contributed by atoms with Gasteiger partial charge in [0.25, 0.3) is 0 Å². The fourth-order valence-electron chi connectivity index (χ4n) is 0.292. The lowest BCUT2D eigenvalue weighted by atomic mass is 11.0. The van der Waals surface area contributed by atoms with Crippen LogP contribution in [-0.4, -0.2) is 14.8 Å². The lowest BCUT2D eigenvalue weighted by Crippen LogP contribution is -1.94. The quantitative estimate of drug-likeness (QED) is 0.634. The van der Waals surface area contributed by atoms with Crippen LogP contribution in [0.1, 0.15) is 0 Å². The first-order valence-electron chi connectivity index (χ1n) is 1.90. The van der Waals surface area contributed by atoms with Crippen LogP contribution < -0.4 is 5.73 Å².